The number of amides is 1. The Bertz CT molecular complexity index is 423. The topological polar surface area (TPSA) is 88.4 Å². The van der Waals surface area contributed by atoms with E-state index >= 15 is 0 Å². The zero-order valence-electron chi connectivity index (χ0n) is 10.5. The number of nitrogens with two attached hydrogens (primary N) is 1. The van der Waals surface area contributed by atoms with Gasteiger partial charge in [0.15, 0.2) is 5.43 Å². The van der Waals surface area contributed by atoms with Gasteiger partial charge in [0.05, 0.1) is 6.61 Å². The zero-order valence-corrected chi connectivity index (χ0v) is 10.5. The Morgan fingerprint density at radius 1 is 1.50 bits per heavy atom. The maximum absolute atomic E-state index is 12.2. The number of ether oxygens (including phenoxy) is 1. The molecule has 0 aliphatic rings. The smallest absolute Gasteiger partial charge is 0.259 e. The molecular weight excluding hydrogens is 234 g/mol. The van der Waals surface area contributed by atoms with Crippen LogP contribution < -0.4 is 11.2 Å². The number of rotatable bonds is 7. The van der Waals surface area contributed by atoms with Crippen molar-refractivity contribution in [2.45, 2.75) is 6.42 Å². The third-order valence-corrected chi connectivity index (χ3v) is 2.54. The summed E-state index contributed by atoms with van der Waals surface area (Å²) in [5, 5.41) is 0. The van der Waals surface area contributed by atoms with Gasteiger partial charge in [0, 0.05) is 38.7 Å². The number of nitrogens with one attached hydrogen (secondary N) is 1. The van der Waals surface area contributed by atoms with E-state index in [1.807, 2.05) is 0 Å². The third-order valence-electron chi connectivity index (χ3n) is 2.54. The highest BCUT2D eigenvalue weighted by molar-refractivity contribution is 5.93. The van der Waals surface area contributed by atoms with E-state index < -0.39 is 0 Å². The highest BCUT2D eigenvalue weighted by atomic mass is 16.5. The van der Waals surface area contributed by atoms with Crippen LogP contribution in [0.3, 0.4) is 0 Å². The van der Waals surface area contributed by atoms with Gasteiger partial charge in [0.25, 0.3) is 5.91 Å². The quantitative estimate of drug-likeness (QED) is 0.705. The number of hydrogen-bond donors (Lipinski definition) is 2. The first-order valence-corrected chi connectivity index (χ1v) is 5.86. The van der Waals surface area contributed by atoms with Gasteiger partial charge in [0.1, 0.15) is 5.56 Å². The van der Waals surface area contributed by atoms with Gasteiger partial charge >= 0.3 is 0 Å². The molecule has 0 spiro atoms. The van der Waals surface area contributed by atoms with Gasteiger partial charge in [-0.25, -0.2) is 0 Å². The van der Waals surface area contributed by atoms with Crippen LogP contribution in [0.15, 0.2) is 23.3 Å². The number of carbonyl (C=O) groups is 1. The summed E-state index contributed by atoms with van der Waals surface area (Å²) in [4.78, 5) is 28.1. The van der Waals surface area contributed by atoms with E-state index in [4.69, 9.17) is 10.5 Å². The van der Waals surface area contributed by atoms with E-state index in [0.717, 1.165) is 0 Å². The Morgan fingerprint density at radius 2 is 2.28 bits per heavy atom. The molecule has 0 aliphatic carbocycles. The van der Waals surface area contributed by atoms with Crippen LogP contribution in [-0.2, 0) is 4.74 Å². The number of carbonyl (C=O) groups excluding carboxylic acids is 1. The number of H-pyrrole nitrogens is 1. The highest BCUT2D eigenvalue weighted by Gasteiger charge is 2.17. The first-order chi connectivity index (χ1) is 8.70. The summed E-state index contributed by atoms with van der Waals surface area (Å²) in [7, 11) is 1.57. The number of hydrogen-bond acceptors (Lipinski definition) is 4. The lowest BCUT2D eigenvalue weighted by Gasteiger charge is -2.21. The van der Waals surface area contributed by atoms with Crippen molar-refractivity contribution >= 4 is 5.91 Å². The Labute approximate surface area is 106 Å². The minimum Gasteiger partial charge on any atom is -0.383 e. The Balaban J connectivity index is 2.81. The van der Waals surface area contributed by atoms with Crippen LogP contribution >= 0.6 is 0 Å². The minimum absolute atomic E-state index is 0.144. The van der Waals surface area contributed by atoms with Crippen LogP contribution in [0.2, 0.25) is 0 Å². The summed E-state index contributed by atoms with van der Waals surface area (Å²) >= 11 is 0. The lowest BCUT2D eigenvalue weighted by molar-refractivity contribution is 0.0693. The van der Waals surface area contributed by atoms with Crippen molar-refractivity contribution in [1.82, 2.24) is 9.88 Å². The molecule has 1 rings (SSSR count). The summed E-state index contributed by atoms with van der Waals surface area (Å²) in [5.41, 5.74) is 5.30. The molecule has 3 N–H and O–H groups in total. The molecule has 6 heteroatoms. The fourth-order valence-corrected chi connectivity index (χ4v) is 1.55. The molecule has 0 aliphatic heterocycles. The average molecular weight is 253 g/mol. The van der Waals surface area contributed by atoms with Gasteiger partial charge in [0.2, 0.25) is 0 Å². The van der Waals surface area contributed by atoms with E-state index in [1.165, 1.54) is 18.5 Å². The van der Waals surface area contributed by atoms with Gasteiger partial charge in [-0.15, -0.1) is 0 Å². The van der Waals surface area contributed by atoms with Crippen molar-refractivity contribution < 1.29 is 9.53 Å². The monoisotopic (exact) mass is 253 g/mol. The molecule has 0 radical (unpaired) electrons. The molecule has 0 fully saturated rings. The van der Waals surface area contributed by atoms with Gasteiger partial charge in [-0.3, -0.25) is 9.59 Å². The molecule has 1 aromatic heterocycles. The molecule has 100 valence electrons. The normalized spacial score (nSPS) is 10.3. The number of methoxy groups -OCH3 is 1. The second kappa shape index (κ2) is 7.62. The molecule has 0 saturated carbocycles. The maximum atomic E-state index is 12.2. The fourth-order valence-electron chi connectivity index (χ4n) is 1.55. The standard InChI is InChI=1S/C12H19N3O3/c1-18-8-7-15(6-2-4-13)12(17)10-9-14-5-3-11(10)16/h3,5,9H,2,4,6-8,13H2,1H3,(H,14,16). The largest absolute Gasteiger partial charge is 0.383 e. The number of aromatic nitrogens is 1. The van der Waals surface area contributed by atoms with Crippen LogP contribution in [0.5, 0.6) is 0 Å². The number of nitrogens with zero attached hydrogens (tertiary/aromatic N) is 1. The summed E-state index contributed by atoms with van der Waals surface area (Å²) in [6, 6.07) is 1.34. The van der Waals surface area contributed by atoms with Crippen LogP contribution in [0.25, 0.3) is 0 Å². The molecule has 6 nitrogen and oxygen atoms in total. The van der Waals surface area contributed by atoms with Crippen molar-refractivity contribution in [3.63, 3.8) is 0 Å². The summed E-state index contributed by atoms with van der Waals surface area (Å²) in [6.07, 6.45) is 3.62. The second-order valence-electron chi connectivity index (χ2n) is 3.85. The van der Waals surface area contributed by atoms with Crippen molar-refractivity contribution in [1.29, 1.82) is 0 Å². The molecule has 0 aromatic carbocycles. The lowest BCUT2D eigenvalue weighted by Crippen LogP contribution is -2.37. The summed E-state index contributed by atoms with van der Waals surface area (Å²) in [6.45, 7) is 1.90. The third kappa shape index (κ3) is 3.97. The lowest BCUT2D eigenvalue weighted by atomic mass is 10.2. The predicted molar refractivity (Wildman–Crippen MR) is 68.5 cm³/mol. The van der Waals surface area contributed by atoms with E-state index in [0.29, 0.717) is 32.7 Å². The molecule has 1 heterocycles. The van der Waals surface area contributed by atoms with Crippen LogP contribution in [0, 0.1) is 0 Å². The average Bonchev–Trinajstić information content (AvgIpc) is 2.39. The van der Waals surface area contributed by atoms with E-state index in [-0.39, 0.29) is 16.9 Å². The highest BCUT2D eigenvalue weighted by Crippen LogP contribution is 2.00. The molecule has 0 unspecified atom stereocenters. The van der Waals surface area contributed by atoms with Crippen molar-refractivity contribution in [2.24, 2.45) is 5.73 Å². The van der Waals surface area contributed by atoms with Gasteiger partial charge in [-0.2, -0.15) is 0 Å². The summed E-state index contributed by atoms with van der Waals surface area (Å²) in [5.74, 6) is -0.289. The molecule has 1 amide bonds. The van der Waals surface area contributed by atoms with Crippen LogP contribution in [0.1, 0.15) is 16.8 Å². The van der Waals surface area contributed by atoms with E-state index in [1.54, 1.807) is 12.0 Å². The molecule has 1 aromatic rings. The number of aromatic amines is 1. The van der Waals surface area contributed by atoms with Gasteiger partial charge in [-0.1, -0.05) is 0 Å². The van der Waals surface area contributed by atoms with Crippen molar-refractivity contribution in [2.75, 3.05) is 33.4 Å². The first-order valence-electron chi connectivity index (χ1n) is 5.86. The molecule has 0 saturated heterocycles. The second-order valence-corrected chi connectivity index (χ2v) is 3.85. The number of pyridine rings is 1. The Morgan fingerprint density at radius 3 is 2.89 bits per heavy atom. The van der Waals surface area contributed by atoms with E-state index in [9.17, 15) is 9.59 Å². The van der Waals surface area contributed by atoms with E-state index in [2.05, 4.69) is 4.98 Å². The first kappa shape index (κ1) is 14.4. The fraction of sp³-hybridized carbons (Fsp3) is 0.500. The zero-order chi connectivity index (χ0) is 13.4. The summed E-state index contributed by atoms with van der Waals surface area (Å²) < 4.78 is 4.96. The minimum atomic E-state index is -0.289. The van der Waals surface area contributed by atoms with Crippen LogP contribution in [-0.4, -0.2) is 49.1 Å². The van der Waals surface area contributed by atoms with Crippen LogP contribution in [0.4, 0.5) is 0 Å². The molecule has 0 bridgehead atoms. The Kier molecular flexibility index (Phi) is 6.10. The molecule has 0 atom stereocenters. The predicted octanol–water partition coefficient (Wildman–Crippen LogP) is -0.188. The molecule has 18 heavy (non-hydrogen) atoms. The van der Waals surface area contributed by atoms with Gasteiger partial charge < -0.3 is 20.4 Å². The van der Waals surface area contributed by atoms with Crippen molar-refractivity contribution in [3.8, 4) is 0 Å². The van der Waals surface area contributed by atoms with Crippen molar-refractivity contribution in [3.05, 3.63) is 34.2 Å². The molecular formula is C12H19N3O3. The Hall–Kier alpha value is -1.66. The van der Waals surface area contributed by atoms with Gasteiger partial charge in [-0.05, 0) is 13.0 Å². The maximum Gasteiger partial charge on any atom is 0.259 e. The SMILES string of the molecule is COCCN(CCCN)C(=O)c1c[nH]ccc1=O.